The van der Waals surface area contributed by atoms with Gasteiger partial charge in [-0.05, 0) is 0 Å². The summed E-state index contributed by atoms with van der Waals surface area (Å²) >= 11 is 0. The lowest BCUT2D eigenvalue weighted by Gasteiger charge is -2.35. The fourth-order valence-electron chi connectivity index (χ4n) is 2.28. The van der Waals surface area contributed by atoms with Crippen molar-refractivity contribution >= 4 is 17.7 Å². The molecule has 3 amide bonds. The van der Waals surface area contributed by atoms with Crippen LogP contribution in [0, 0.1) is 5.92 Å². The first-order valence-corrected chi connectivity index (χ1v) is 5.89. The molecule has 0 radical (unpaired) electrons. The number of hydrogen-bond acceptors (Lipinski definition) is 3. The van der Waals surface area contributed by atoms with E-state index in [1.807, 2.05) is 0 Å². The minimum Gasteiger partial charge on any atom is -0.355 e. The Morgan fingerprint density at radius 2 is 1.76 bits per heavy atom. The third kappa shape index (κ3) is 2.57. The maximum Gasteiger partial charge on any atom is 0.228 e. The van der Waals surface area contributed by atoms with E-state index in [2.05, 4.69) is 5.32 Å². The summed E-state index contributed by atoms with van der Waals surface area (Å²) in [7, 11) is 0. The maximum absolute atomic E-state index is 12.1. The number of carbonyl (C=O) groups is 3. The van der Waals surface area contributed by atoms with Gasteiger partial charge in [-0.2, -0.15) is 0 Å². The molecular weight excluding hydrogens is 222 g/mol. The van der Waals surface area contributed by atoms with Crippen LogP contribution in [-0.4, -0.2) is 60.2 Å². The Hall–Kier alpha value is -1.59. The standard InChI is InChI=1S/C11H17N3O3/c1-8(15)13-2-4-14(5-3-13)11(17)9-6-10(16)12-7-9/h9H,2-7H2,1H3,(H,12,16). The molecule has 0 aromatic heterocycles. The molecule has 94 valence electrons. The molecule has 1 unspecified atom stereocenters. The predicted octanol–water partition coefficient (Wildman–Crippen LogP) is -1.19. The van der Waals surface area contributed by atoms with Gasteiger partial charge in [0.25, 0.3) is 0 Å². The van der Waals surface area contributed by atoms with Gasteiger partial charge in [0.2, 0.25) is 17.7 Å². The molecule has 2 saturated heterocycles. The van der Waals surface area contributed by atoms with Crippen LogP contribution in [0.2, 0.25) is 0 Å². The Kier molecular flexibility index (Phi) is 3.31. The van der Waals surface area contributed by atoms with Crippen LogP contribution in [0.3, 0.4) is 0 Å². The van der Waals surface area contributed by atoms with Gasteiger partial charge in [0, 0.05) is 46.1 Å². The highest BCUT2D eigenvalue weighted by Gasteiger charge is 2.32. The molecule has 2 aliphatic rings. The molecule has 17 heavy (non-hydrogen) atoms. The van der Waals surface area contributed by atoms with Crippen molar-refractivity contribution in [3.05, 3.63) is 0 Å². The first-order valence-electron chi connectivity index (χ1n) is 5.89. The van der Waals surface area contributed by atoms with Crippen LogP contribution >= 0.6 is 0 Å². The molecule has 2 aliphatic heterocycles. The second-order valence-electron chi connectivity index (χ2n) is 4.54. The number of piperazine rings is 1. The lowest BCUT2D eigenvalue weighted by Crippen LogP contribution is -2.51. The van der Waals surface area contributed by atoms with Crippen LogP contribution in [0.15, 0.2) is 0 Å². The summed E-state index contributed by atoms with van der Waals surface area (Å²) in [6.45, 7) is 4.32. The van der Waals surface area contributed by atoms with Crippen LogP contribution in [0.1, 0.15) is 13.3 Å². The van der Waals surface area contributed by atoms with Crippen molar-refractivity contribution in [2.24, 2.45) is 5.92 Å². The Morgan fingerprint density at radius 3 is 2.24 bits per heavy atom. The lowest BCUT2D eigenvalue weighted by molar-refractivity contribution is -0.141. The van der Waals surface area contributed by atoms with E-state index in [1.165, 1.54) is 6.92 Å². The summed E-state index contributed by atoms with van der Waals surface area (Å²) < 4.78 is 0. The number of carbonyl (C=O) groups excluding carboxylic acids is 3. The molecule has 2 rings (SSSR count). The van der Waals surface area contributed by atoms with Crippen molar-refractivity contribution in [1.29, 1.82) is 0 Å². The average molecular weight is 239 g/mol. The molecule has 1 N–H and O–H groups in total. The van der Waals surface area contributed by atoms with E-state index in [0.717, 1.165) is 0 Å². The number of rotatable bonds is 1. The Balaban J connectivity index is 1.86. The van der Waals surface area contributed by atoms with Gasteiger partial charge in [0.15, 0.2) is 0 Å². The minimum absolute atomic E-state index is 0.0338. The number of nitrogens with zero attached hydrogens (tertiary/aromatic N) is 2. The van der Waals surface area contributed by atoms with Gasteiger partial charge in [-0.3, -0.25) is 14.4 Å². The van der Waals surface area contributed by atoms with Crippen molar-refractivity contribution in [1.82, 2.24) is 15.1 Å². The monoisotopic (exact) mass is 239 g/mol. The fraction of sp³-hybridized carbons (Fsp3) is 0.727. The summed E-state index contributed by atoms with van der Waals surface area (Å²) in [4.78, 5) is 37.7. The quantitative estimate of drug-likeness (QED) is 0.626. The molecule has 0 aliphatic carbocycles. The van der Waals surface area contributed by atoms with Crippen LogP contribution in [0.5, 0.6) is 0 Å². The van der Waals surface area contributed by atoms with E-state index < -0.39 is 0 Å². The maximum atomic E-state index is 12.1. The third-order valence-corrected chi connectivity index (χ3v) is 3.36. The van der Waals surface area contributed by atoms with E-state index in [9.17, 15) is 14.4 Å². The van der Waals surface area contributed by atoms with Gasteiger partial charge < -0.3 is 15.1 Å². The summed E-state index contributed by atoms with van der Waals surface area (Å²) in [5.41, 5.74) is 0. The number of nitrogens with one attached hydrogen (secondary N) is 1. The zero-order valence-electron chi connectivity index (χ0n) is 9.94. The summed E-state index contributed by atoms with van der Waals surface area (Å²) in [5, 5.41) is 2.67. The second kappa shape index (κ2) is 4.73. The molecule has 0 saturated carbocycles. The predicted molar refractivity (Wildman–Crippen MR) is 60.0 cm³/mol. The molecule has 0 aromatic carbocycles. The first kappa shape index (κ1) is 11.9. The number of amides is 3. The summed E-state index contributed by atoms with van der Waals surface area (Å²) in [5.74, 6) is -0.182. The van der Waals surface area contributed by atoms with E-state index in [0.29, 0.717) is 39.1 Å². The number of hydrogen-bond donors (Lipinski definition) is 1. The van der Waals surface area contributed by atoms with Gasteiger partial charge >= 0.3 is 0 Å². The van der Waals surface area contributed by atoms with Crippen molar-refractivity contribution in [2.45, 2.75) is 13.3 Å². The topological polar surface area (TPSA) is 69.7 Å². The van der Waals surface area contributed by atoms with Crippen molar-refractivity contribution < 1.29 is 14.4 Å². The van der Waals surface area contributed by atoms with Gasteiger partial charge in [-0.25, -0.2) is 0 Å². The van der Waals surface area contributed by atoms with E-state index in [4.69, 9.17) is 0 Å². The van der Waals surface area contributed by atoms with E-state index >= 15 is 0 Å². The molecule has 0 spiro atoms. The highest BCUT2D eigenvalue weighted by Crippen LogP contribution is 2.14. The van der Waals surface area contributed by atoms with Gasteiger partial charge in [0.05, 0.1) is 5.92 Å². The molecule has 0 bridgehead atoms. The molecule has 2 fully saturated rings. The van der Waals surface area contributed by atoms with Crippen LogP contribution in [0.25, 0.3) is 0 Å². The normalized spacial score (nSPS) is 24.8. The lowest BCUT2D eigenvalue weighted by atomic mass is 10.1. The average Bonchev–Trinajstić information content (AvgIpc) is 2.75. The van der Waals surface area contributed by atoms with E-state index in [-0.39, 0.29) is 23.6 Å². The molecule has 6 heteroatoms. The third-order valence-electron chi connectivity index (χ3n) is 3.36. The zero-order chi connectivity index (χ0) is 12.4. The van der Waals surface area contributed by atoms with Gasteiger partial charge in [-0.1, -0.05) is 0 Å². The Labute approximate surface area is 99.9 Å². The second-order valence-corrected chi connectivity index (χ2v) is 4.54. The van der Waals surface area contributed by atoms with Crippen molar-refractivity contribution in [3.63, 3.8) is 0 Å². The van der Waals surface area contributed by atoms with Crippen LogP contribution in [0.4, 0.5) is 0 Å². The molecule has 1 atom stereocenters. The minimum atomic E-state index is -0.216. The molecule has 6 nitrogen and oxygen atoms in total. The fourth-order valence-corrected chi connectivity index (χ4v) is 2.28. The molecular formula is C11H17N3O3. The van der Waals surface area contributed by atoms with Crippen molar-refractivity contribution in [2.75, 3.05) is 32.7 Å². The van der Waals surface area contributed by atoms with Crippen molar-refractivity contribution in [3.8, 4) is 0 Å². The highest BCUT2D eigenvalue weighted by molar-refractivity contribution is 5.89. The largest absolute Gasteiger partial charge is 0.355 e. The summed E-state index contributed by atoms with van der Waals surface area (Å²) in [6, 6.07) is 0. The van der Waals surface area contributed by atoms with Crippen LogP contribution < -0.4 is 5.32 Å². The Morgan fingerprint density at radius 1 is 1.18 bits per heavy atom. The Bertz CT molecular complexity index is 348. The smallest absolute Gasteiger partial charge is 0.228 e. The van der Waals surface area contributed by atoms with Crippen LogP contribution in [-0.2, 0) is 14.4 Å². The summed E-state index contributed by atoms with van der Waals surface area (Å²) in [6.07, 6.45) is 0.297. The molecule has 2 heterocycles. The van der Waals surface area contributed by atoms with E-state index in [1.54, 1.807) is 9.80 Å². The SMILES string of the molecule is CC(=O)N1CCN(C(=O)C2CNC(=O)C2)CC1. The van der Waals surface area contributed by atoms with Gasteiger partial charge in [-0.15, -0.1) is 0 Å². The van der Waals surface area contributed by atoms with Gasteiger partial charge in [0.1, 0.15) is 0 Å². The first-order chi connectivity index (χ1) is 8.08. The highest BCUT2D eigenvalue weighted by atomic mass is 16.2. The zero-order valence-corrected chi connectivity index (χ0v) is 9.94. The molecule has 0 aromatic rings.